The van der Waals surface area contributed by atoms with Gasteiger partial charge >= 0.3 is 18.9 Å². The van der Waals surface area contributed by atoms with Crippen molar-refractivity contribution >= 4 is 8.48 Å². The molecule has 2 nitrogen and oxygen atoms in total. The van der Waals surface area contributed by atoms with Crippen molar-refractivity contribution in [2.75, 3.05) is 0 Å². The molecule has 0 N–H and O–H groups in total. The van der Waals surface area contributed by atoms with Gasteiger partial charge in [-0.2, -0.15) is 0 Å². The van der Waals surface area contributed by atoms with Crippen LogP contribution >= 0.6 is 0 Å². The van der Waals surface area contributed by atoms with E-state index in [1.807, 2.05) is 0 Å². The van der Waals surface area contributed by atoms with Gasteiger partial charge in [-0.25, -0.2) is 0 Å². The largest absolute Gasteiger partial charge is 1.00 e. The molecule has 0 radical (unpaired) electrons. The number of hydrogen-bond acceptors (Lipinski definition) is 1. The molecule has 0 aromatic carbocycles. The van der Waals surface area contributed by atoms with Crippen LogP contribution in [0, 0.1) is 11.8 Å². The third kappa shape index (κ3) is 5.06. The zero-order valence-electron chi connectivity index (χ0n) is 13.6. The third-order valence-corrected chi connectivity index (χ3v) is 5.98. The average molecular weight is 273 g/mol. The number of rotatable bonds is 3. The van der Waals surface area contributed by atoms with Gasteiger partial charge in [-0.15, -0.1) is 5.54 Å². The molecule has 19 heavy (non-hydrogen) atoms. The molecule has 2 aliphatic carbocycles. The van der Waals surface area contributed by atoms with E-state index < -0.39 is 8.48 Å². The third-order valence-electron chi connectivity index (χ3n) is 3.89. The van der Waals surface area contributed by atoms with E-state index in [1.165, 1.54) is 25.7 Å². The second-order valence-electron chi connectivity index (χ2n) is 7.31. The maximum atomic E-state index is 6.50. The van der Waals surface area contributed by atoms with Crippen molar-refractivity contribution in [3.63, 3.8) is 0 Å². The van der Waals surface area contributed by atoms with E-state index in [0.717, 1.165) is 11.8 Å². The molecule has 3 atom stereocenters. The summed E-state index contributed by atoms with van der Waals surface area (Å²) in [7, 11) is -1.89. The normalized spacial score (nSPS) is 30.9. The van der Waals surface area contributed by atoms with Gasteiger partial charge in [0.15, 0.2) is 0 Å². The van der Waals surface area contributed by atoms with Gasteiger partial charge in [-0.1, -0.05) is 52.4 Å². The maximum absolute atomic E-state index is 6.50. The first-order valence-corrected chi connectivity index (χ1v) is 10.2. The van der Waals surface area contributed by atoms with Crippen LogP contribution in [0.1, 0.15) is 46.5 Å². The van der Waals surface area contributed by atoms with Crippen LogP contribution in [0.15, 0.2) is 12.2 Å². The van der Waals surface area contributed by atoms with Crippen LogP contribution in [0.5, 0.6) is 0 Å². The predicted molar refractivity (Wildman–Crippen MR) is 80.1 cm³/mol. The molecule has 4 heteroatoms. The number of hydrogen-bond donors (Lipinski definition) is 0. The van der Waals surface area contributed by atoms with Gasteiger partial charge in [0.25, 0.3) is 0 Å². The van der Waals surface area contributed by atoms with Crippen LogP contribution in [0.2, 0.25) is 13.1 Å². The maximum Gasteiger partial charge on any atom is 1.00 e. The Bertz CT molecular complexity index is 325. The molecule has 2 aliphatic rings. The van der Waals surface area contributed by atoms with Gasteiger partial charge in [0.1, 0.15) is 0 Å². The summed E-state index contributed by atoms with van der Waals surface area (Å²) in [4.78, 5) is 4.95. The molecule has 0 saturated heterocycles. The minimum Gasteiger partial charge on any atom is -0.637 e. The van der Waals surface area contributed by atoms with Crippen LogP contribution in [0.25, 0.3) is 4.98 Å². The smallest absolute Gasteiger partial charge is 0.637 e. The molecule has 0 aromatic heterocycles. The fourth-order valence-corrected chi connectivity index (χ4v) is 6.29. The summed E-state index contributed by atoms with van der Waals surface area (Å²) >= 11 is 0. The molecule has 0 aliphatic heterocycles. The topological polar surface area (TPSA) is 23.3 Å². The quantitative estimate of drug-likeness (QED) is 0.566. The Labute approximate surface area is 132 Å². The van der Waals surface area contributed by atoms with Crippen LogP contribution in [0.4, 0.5) is 0 Å². The summed E-state index contributed by atoms with van der Waals surface area (Å²) in [5, 5.41) is 0. The fourth-order valence-electron chi connectivity index (χ4n) is 3.59. The van der Waals surface area contributed by atoms with Crippen molar-refractivity contribution in [3.05, 3.63) is 17.1 Å². The number of fused-ring (bicyclic) bond motifs is 1. The molecular formula is C15H28LiNOSi. The van der Waals surface area contributed by atoms with E-state index in [0.29, 0.717) is 6.10 Å². The van der Waals surface area contributed by atoms with E-state index in [4.69, 9.17) is 9.41 Å². The van der Waals surface area contributed by atoms with Crippen LogP contribution in [-0.2, 0) is 4.43 Å². The van der Waals surface area contributed by atoms with Crippen LogP contribution in [0.3, 0.4) is 0 Å². The standard InChI is InChI=1S/C15H28NOSi.Li/c1-15(2,3)16-18(4,5)17-14-11-7-9-12-8-6-10-13(12)14;/h6,8,12-14H,7,9-11H2,1-5H3;/q-1;+1. The van der Waals surface area contributed by atoms with Gasteiger partial charge in [0.2, 0.25) is 0 Å². The molecular weight excluding hydrogens is 245 g/mol. The molecule has 1 saturated carbocycles. The Balaban J connectivity index is 0.00000180. The first kappa shape index (κ1) is 17.5. The van der Waals surface area contributed by atoms with Gasteiger partial charge in [-0.3, -0.25) is 0 Å². The molecule has 0 aromatic rings. The summed E-state index contributed by atoms with van der Waals surface area (Å²) in [6, 6.07) is 0. The van der Waals surface area contributed by atoms with E-state index in [9.17, 15) is 0 Å². The molecule has 1 fully saturated rings. The summed E-state index contributed by atoms with van der Waals surface area (Å²) in [5.41, 5.74) is 0.0255. The van der Waals surface area contributed by atoms with Crippen molar-refractivity contribution in [3.8, 4) is 0 Å². The molecule has 2 rings (SSSR count). The van der Waals surface area contributed by atoms with Crippen molar-refractivity contribution in [2.45, 2.75) is 71.2 Å². The molecule has 3 unspecified atom stereocenters. The molecule has 0 spiro atoms. The summed E-state index contributed by atoms with van der Waals surface area (Å²) in [5.74, 6) is 1.52. The second-order valence-corrected chi connectivity index (χ2v) is 10.7. The Morgan fingerprint density at radius 1 is 1.21 bits per heavy atom. The minimum absolute atomic E-state index is 0. The summed E-state index contributed by atoms with van der Waals surface area (Å²) < 4.78 is 6.50. The molecule has 104 valence electrons. The molecule has 0 bridgehead atoms. The molecule has 0 amide bonds. The predicted octanol–water partition coefficient (Wildman–Crippen LogP) is 1.63. The summed E-state index contributed by atoms with van der Waals surface area (Å²) in [6.45, 7) is 11.0. The first-order chi connectivity index (χ1) is 8.27. The van der Waals surface area contributed by atoms with Gasteiger partial charge in [0, 0.05) is 6.10 Å². The van der Waals surface area contributed by atoms with Gasteiger partial charge in [0.05, 0.1) is 8.48 Å². The first-order valence-electron chi connectivity index (χ1n) is 7.35. The second kappa shape index (κ2) is 6.49. The Morgan fingerprint density at radius 3 is 2.53 bits per heavy atom. The van der Waals surface area contributed by atoms with Crippen LogP contribution in [-0.4, -0.2) is 20.1 Å². The monoisotopic (exact) mass is 273 g/mol. The molecule has 0 heterocycles. The zero-order chi connectivity index (χ0) is 13.4. The Kier molecular flexibility index (Phi) is 5.99. The van der Waals surface area contributed by atoms with E-state index in [-0.39, 0.29) is 24.4 Å². The number of nitrogens with zero attached hydrogens (tertiary/aromatic N) is 1. The Hall–Kier alpha value is 0.474. The summed E-state index contributed by atoms with van der Waals surface area (Å²) in [6.07, 6.45) is 10.3. The van der Waals surface area contributed by atoms with Crippen molar-refractivity contribution < 1.29 is 23.3 Å². The number of allylic oxidation sites excluding steroid dienone is 2. The van der Waals surface area contributed by atoms with Gasteiger partial charge in [-0.05, 0) is 31.1 Å². The SMILES string of the molecule is CC(C)(C)[N-][Si](C)(C)OC1CCCC2C=CCC21.[Li+]. The van der Waals surface area contributed by atoms with Crippen molar-refractivity contribution in [1.29, 1.82) is 0 Å². The minimum atomic E-state index is -1.89. The van der Waals surface area contributed by atoms with E-state index >= 15 is 0 Å². The van der Waals surface area contributed by atoms with Gasteiger partial charge < -0.3 is 9.41 Å². The van der Waals surface area contributed by atoms with Crippen molar-refractivity contribution in [2.24, 2.45) is 11.8 Å². The van der Waals surface area contributed by atoms with E-state index in [1.54, 1.807) is 0 Å². The Morgan fingerprint density at radius 2 is 1.89 bits per heavy atom. The fraction of sp³-hybridized carbons (Fsp3) is 0.867. The van der Waals surface area contributed by atoms with E-state index in [2.05, 4.69) is 46.0 Å². The average Bonchev–Trinajstić information content (AvgIpc) is 2.61. The van der Waals surface area contributed by atoms with Crippen molar-refractivity contribution in [1.82, 2.24) is 0 Å². The van der Waals surface area contributed by atoms with Crippen LogP contribution < -0.4 is 18.9 Å². The zero-order valence-corrected chi connectivity index (χ0v) is 14.6.